The average Bonchev–Trinajstić information content (AvgIpc) is 3.68. The average molecular weight is 706 g/mol. The molecular formula is C36H45BrN6O4. The van der Waals surface area contributed by atoms with Crippen molar-refractivity contribution < 1.29 is 19.1 Å². The monoisotopic (exact) mass is 704 g/mol. The van der Waals surface area contributed by atoms with E-state index < -0.39 is 11.1 Å². The van der Waals surface area contributed by atoms with Crippen molar-refractivity contribution in [1.82, 2.24) is 9.80 Å². The maximum atomic E-state index is 13.3. The first-order valence-corrected chi connectivity index (χ1v) is 17.5. The lowest BCUT2D eigenvalue weighted by atomic mass is 9.61. The first-order chi connectivity index (χ1) is 22.5. The van der Waals surface area contributed by atoms with Crippen molar-refractivity contribution in [3.63, 3.8) is 0 Å². The topological polar surface area (TPSA) is 136 Å². The zero-order chi connectivity index (χ0) is 33.4. The molecule has 2 aromatic rings. The van der Waals surface area contributed by atoms with Gasteiger partial charge >= 0.3 is 0 Å². The number of nitrogens with two attached hydrogens (primary N) is 2. The third kappa shape index (κ3) is 4.41. The van der Waals surface area contributed by atoms with E-state index in [1.165, 1.54) is 20.9 Å². The van der Waals surface area contributed by atoms with E-state index in [4.69, 9.17) is 30.9 Å². The number of hydrogen-bond donors (Lipinski definition) is 2. The van der Waals surface area contributed by atoms with E-state index in [2.05, 4.69) is 40.2 Å². The summed E-state index contributed by atoms with van der Waals surface area (Å²) in [5.41, 5.74) is 14.6. The summed E-state index contributed by atoms with van der Waals surface area (Å²) in [5.74, 6) is 0.685. The predicted molar refractivity (Wildman–Crippen MR) is 184 cm³/mol. The van der Waals surface area contributed by atoms with Crippen LogP contribution in [-0.2, 0) is 43.0 Å². The standard InChI is InChI=1S/C18H22BrN3O2.C18H23N3O2/c1-22-15(23)18(21-16(22)20)14-9-12(19)4-3-11(14)10-17(18)7-5-13(24-2)6-8-17;1-21-15(22)18(20-16(21)19)14-6-4-3-5-12(14)11-17(18)9-7-13(23-2)8-10-17/h3-4,9,13H,5-8,10H2,1-2H3,(H2,20,21);3-6,13H,7-11H2,1-2H3,(H2,19,20). The second-order valence-corrected chi connectivity index (χ2v) is 15.2. The minimum atomic E-state index is -0.871. The van der Waals surface area contributed by atoms with Crippen LogP contribution in [0.1, 0.15) is 73.6 Å². The molecule has 6 aliphatic rings. The third-order valence-electron chi connectivity index (χ3n) is 12.4. The summed E-state index contributed by atoms with van der Waals surface area (Å²) in [6.07, 6.45) is 9.93. The first kappa shape index (κ1) is 32.3. The second-order valence-electron chi connectivity index (χ2n) is 14.3. The van der Waals surface area contributed by atoms with E-state index in [1.54, 1.807) is 28.3 Å². The molecule has 0 radical (unpaired) electrons. The van der Waals surface area contributed by atoms with Gasteiger partial charge in [-0.3, -0.25) is 19.4 Å². The highest BCUT2D eigenvalue weighted by molar-refractivity contribution is 9.10. The number of halogens is 1. The molecule has 10 nitrogen and oxygen atoms in total. The van der Waals surface area contributed by atoms with Gasteiger partial charge in [0.05, 0.1) is 12.2 Å². The lowest BCUT2D eigenvalue weighted by molar-refractivity contribution is -0.138. The number of carbonyl (C=O) groups is 2. The summed E-state index contributed by atoms with van der Waals surface area (Å²) >= 11 is 3.55. The van der Waals surface area contributed by atoms with Crippen molar-refractivity contribution in [2.75, 3.05) is 28.3 Å². The van der Waals surface area contributed by atoms with Crippen LogP contribution in [0, 0.1) is 10.8 Å². The molecular weight excluding hydrogens is 660 g/mol. The molecule has 2 amide bonds. The fourth-order valence-corrected chi connectivity index (χ4v) is 10.1. The van der Waals surface area contributed by atoms with Crippen LogP contribution in [-0.4, -0.2) is 74.1 Å². The van der Waals surface area contributed by atoms with Crippen molar-refractivity contribution in [3.8, 4) is 0 Å². The van der Waals surface area contributed by atoms with Crippen LogP contribution in [0.4, 0.5) is 0 Å². The van der Waals surface area contributed by atoms with Gasteiger partial charge in [-0.15, -0.1) is 0 Å². The number of nitrogens with zero attached hydrogens (tertiary/aromatic N) is 4. The number of methoxy groups -OCH3 is 2. The molecule has 0 bridgehead atoms. The number of benzene rings is 2. The Hall–Kier alpha value is -3.28. The third-order valence-corrected chi connectivity index (χ3v) is 12.9. The molecule has 8 rings (SSSR count). The van der Waals surface area contributed by atoms with Crippen LogP contribution in [0.25, 0.3) is 0 Å². The highest BCUT2D eigenvalue weighted by atomic mass is 79.9. The Balaban J connectivity index is 0.000000150. The van der Waals surface area contributed by atoms with Crippen molar-refractivity contribution in [2.45, 2.75) is 87.5 Å². The highest BCUT2D eigenvalue weighted by Crippen LogP contribution is 2.63. The summed E-state index contributed by atoms with van der Waals surface area (Å²) < 4.78 is 12.1. The molecule has 4 spiro atoms. The Kier molecular flexibility index (Phi) is 7.84. The maximum Gasteiger partial charge on any atom is 0.262 e. The summed E-state index contributed by atoms with van der Waals surface area (Å²) in [4.78, 5) is 39.2. The molecule has 2 aliphatic heterocycles. The molecule has 0 aromatic heterocycles. The van der Waals surface area contributed by atoms with Gasteiger partial charge in [0.1, 0.15) is 0 Å². The second kappa shape index (κ2) is 11.4. The zero-order valence-corrected chi connectivity index (χ0v) is 29.3. The lowest BCUT2D eigenvalue weighted by Crippen LogP contribution is -2.51. The number of guanidine groups is 2. The maximum absolute atomic E-state index is 13.3. The number of carbonyl (C=O) groups excluding carboxylic acids is 2. The normalized spacial score (nSPS) is 35.4. The Morgan fingerprint density at radius 1 is 0.723 bits per heavy atom. The molecule has 2 atom stereocenters. The van der Waals surface area contributed by atoms with E-state index in [0.717, 1.165) is 79.8 Å². The first-order valence-electron chi connectivity index (χ1n) is 16.7. The molecule has 4 N–H and O–H groups in total. The van der Waals surface area contributed by atoms with Gasteiger partial charge in [-0.2, -0.15) is 0 Å². The van der Waals surface area contributed by atoms with E-state index in [1.807, 2.05) is 18.2 Å². The Labute approximate surface area is 285 Å². The smallest absolute Gasteiger partial charge is 0.262 e. The van der Waals surface area contributed by atoms with Crippen molar-refractivity contribution in [1.29, 1.82) is 0 Å². The summed E-state index contributed by atoms with van der Waals surface area (Å²) in [7, 11) is 6.99. The van der Waals surface area contributed by atoms with E-state index in [-0.39, 0.29) is 34.9 Å². The Morgan fingerprint density at radius 2 is 1.17 bits per heavy atom. The molecule has 4 aliphatic carbocycles. The number of rotatable bonds is 2. The molecule has 2 heterocycles. The van der Waals surface area contributed by atoms with Crippen molar-refractivity contribution in [3.05, 3.63) is 69.2 Å². The van der Waals surface area contributed by atoms with Crippen LogP contribution in [0.2, 0.25) is 0 Å². The van der Waals surface area contributed by atoms with E-state index in [9.17, 15) is 9.59 Å². The van der Waals surface area contributed by atoms with Crippen LogP contribution >= 0.6 is 15.9 Å². The van der Waals surface area contributed by atoms with Gasteiger partial charge in [0.2, 0.25) is 0 Å². The van der Waals surface area contributed by atoms with Gasteiger partial charge in [0.15, 0.2) is 23.0 Å². The number of hydrogen-bond acceptors (Lipinski definition) is 8. The fraction of sp³-hybridized carbons (Fsp3) is 0.556. The molecule has 47 heavy (non-hydrogen) atoms. The van der Waals surface area contributed by atoms with Crippen LogP contribution in [0.3, 0.4) is 0 Å². The molecule has 2 aromatic carbocycles. The molecule has 11 heteroatoms. The summed E-state index contributed by atoms with van der Waals surface area (Å²) in [6.45, 7) is 0. The van der Waals surface area contributed by atoms with Crippen LogP contribution < -0.4 is 11.5 Å². The Morgan fingerprint density at radius 3 is 1.62 bits per heavy atom. The van der Waals surface area contributed by atoms with E-state index in [0.29, 0.717) is 11.9 Å². The summed E-state index contributed by atoms with van der Waals surface area (Å²) in [6, 6.07) is 14.4. The molecule has 250 valence electrons. The molecule has 0 saturated heterocycles. The number of amides is 2. The van der Waals surface area contributed by atoms with Crippen LogP contribution in [0.5, 0.6) is 0 Å². The van der Waals surface area contributed by atoms with Crippen LogP contribution in [0.15, 0.2) is 56.9 Å². The number of aliphatic imine (C=N–C) groups is 2. The van der Waals surface area contributed by atoms with Gasteiger partial charge < -0.3 is 20.9 Å². The minimum absolute atomic E-state index is 0.00715. The Bertz CT molecular complexity index is 1680. The van der Waals surface area contributed by atoms with Gasteiger partial charge in [-0.05, 0) is 98.6 Å². The van der Waals surface area contributed by atoms with Gasteiger partial charge in [-0.1, -0.05) is 46.3 Å². The quantitative estimate of drug-likeness (QED) is 0.477. The lowest BCUT2D eigenvalue weighted by Gasteiger charge is -2.45. The van der Waals surface area contributed by atoms with Gasteiger partial charge in [-0.25, -0.2) is 9.98 Å². The molecule has 2 unspecified atom stereocenters. The van der Waals surface area contributed by atoms with Crippen molar-refractivity contribution >= 4 is 39.7 Å². The van der Waals surface area contributed by atoms with Gasteiger partial charge in [0.25, 0.3) is 11.8 Å². The van der Waals surface area contributed by atoms with Crippen molar-refractivity contribution in [2.24, 2.45) is 32.3 Å². The number of ether oxygens (including phenoxy) is 2. The predicted octanol–water partition coefficient (Wildman–Crippen LogP) is 4.36. The highest BCUT2D eigenvalue weighted by Gasteiger charge is 2.67. The minimum Gasteiger partial charge on any atom is -0.381 e. The molecule has 2 fully saturated rings. The largest absolute Gasteiger partial charge is 0.381 e. The number of likely N-dealkylation sites (N-methyl/N-ethyl adjacent to an activating group) is 2. The fourth-order valence-electron chi connectivity index (χ4n) is 9.78. The van der Waals surface area contributed by atoms with E-state index >= 15 is 0 Å². The number of fused-ring (bicyclic) bond motifs is 6. The SMILES string of the molecule is COC1CCC2(CC1)Cc1ccc(Br)cc1C21N=C(N)N(C)C1=O.COC1CCC2(CC1)Cc1ccccc1C21N=C(N)N(C)C1=O. The van der Waals surface area contributed by atoms with Gasteiger partial charge in [0, 0.05) is 43.6 Å². The molecule has 2 saturated carbocycles. The zero-order valence-electron chi connectivity index (χ0n) is 27.7. The summed E-state index contributed by atoms with van der Waals surface area (Å²) in [5, 5.41) is 0.